The number of nitrogens with one attached hydrogen (secondary N) is 1. The Balaban J connectivity index is 2.02. The van der Waals surface area contributed by atoms with Crippen LogP contribution in [0.5, 0.6) is 11.5 Å². The molecule has 1 amide bonds. The maximum absolute atomic E-state index is 14.6. The average molecular weight is 561 g/mol. The van der Waals surface area contributed by atoms with Crippen molar-refractivity contribution in [1.29, 1.82) is 0 Å². The molecule has 2 heterocycles. The van der Waals surface area contributed by atoms with Crippen LogP contribution in [0.2, 0.25) is 0 Å². The third kappa shape index (κ3) is 7.23. The van der Waals surface area contributed by atoms with E-state index in [1.807, 2.05) is 0 Å². The molecule has 38 heavy (non-hydrogen) atoms. The van der Waals surface area contributed by atoms with Crippen LogP contribution in [0, 0.1) is 0 Å². The molecule has 2 aliphatic rings. The zero-order valence-electron chi connectivity index (χ0n) is 22.1. The van der Waals surface area contributed by atoms with Gasteiger partial charge in [0.15, 0.2) is 6.29 Å². The summed E-state index contributed by atoms with van der Waals surface area (Å²) >= 11 is 0. The van der Waals surface area contributed by atoms with Crippen LogP contribution in [-0.4, -0.2) is 94.4 Å². The molecule has 2 aliphatic heterocycles. The summed E-state index contributed by atoms with van der Waals surface area (Å²) in [4.78, 5) is 24.9. The Bertz CT molecular complexity index is 1020. The number of hydrogen-bond acceptors (Lipinski definition) is 11. The van der Waals surface area contributed by atoms with Gasteiger partial charge in [0.25, 0.3) is 0 Å². The first-order chi connectivity index (χ1) is 17.8. The lowest BCUT2D eigenvalue weighted by Gasteiger charge is -2.44. The average Bonchev–Trinajstić information content (AvgIpc) is 3.34. The number of esters is 1. The number of methoxy groups -OCH3 is 1. The summed E-state index contributed by atoms with van der Waals surface area (Å²) < 4.78 is 43.6. The van der Waals surface area contributed by atoms with E-state index in [2.05, 4.69) is 5.32 Å². The molecule has 0 radical (unpaired) electrons. The summed E-state index contributed by atoms with van der Waals surface area (Å²) in [5.74, 6) is -0.586. The van der Waals surface area contributed by atoms with Gasteiger partial charge in [0.2, 0.25) is 5.91 Å². The number of carbonyl (C=O) groups is 2. The highest BCUT2D eigenvalue weighted by atomic mass is 31.2. The standard InChI is InChI=1S/C24H37N2O11P/c1-14(28)25-19-21(20(29)18(13-27)34-23(19)31)37-38(32,36-16-10-8-15(33-5)9-11-16)26-12-6-7-17(26)22(30)35-24(2,3)4/h8-11,17-21,23,27,29,31H,6-7,12-13H2,1-5H3,(H,25,28)/t17?,18-,19-,20-,21+,23+,38?/m1/s1. The molecule has 3 rings (SSSR count). The zero-order valence-corrected chi connectivity index (χ0v) is 23.0. The molecular formula is C24H37N2O11P. The number of rotatable bonds is 9. The minimum atomic E-state index is -4.51. The molecule has 2 saturated heterocycles. The summed E-state index contributed by atoms with van der Waals surface area (Å²) in [7, 11) is -3.02. The Labute approximate surface area is 221 Å². The van der Waals surface area contributed by atoms with Crippen LogP contribution >= 0.6 is 7.75 Å². The maximum atomic E-state index is 14.6. The molecule has 2 fully saturated rings. The Morgan fingerprint density at radius 3 is 2.37 bits per heavy atom. The zero-order chi connectivity index (χ0) is 28.3. The lowest BCUT2D eigenvalue weighted by Crippen LogP contribution is -2.64. The minimum Gasteiger partial charge on any atom is -0.497 e. The van der Waals surface area contributed by atoms with E-state index < -0.39 is 68.5 Å². The van der Waals surface area contributed by atoms with E-state index in [0.29, 0.717) is 18.6 Å². The fraction of sp³-hybridized carbons (Fsp3) is 0.667. The van der Waals surface area contributed by atoms with Gasteiger partial charge in [-0.25, -0.2) is 4.57 Å². The third-order valence-corrected chi connectivity index (χ3v) is 8.06. The summed E-state index contributed by atoms with van der Waals surface area (Å²) in [5.41, 5.74) is -0.807. The molecule has 1 aromatic rings. The van der Waals surface area contributed by atoms with Crippen LogP contribution in [0.4, 0.5) is 0 Å². The van der Waals surface area contributed by atoms with Crippen molar-refractivity contribution in [3.8, 4) is 11.5 Å². The molecule has 0 aromatic heterocycles. The highest BCUT2D eigenvalue weighted by molar-refractivity contribution is 7.51. The number of amides is 1. The predicted molar refractivity (Wildman–Crippen MR) is 133 cm³/mol. The van der Waals surface area contributed by atoms with Gasteiger partial charge in [0, 0.05) is 13.5 Å². The molecular weight excluding hydrogens is 523 g/mol. The van der Waals surface area contributed by atoms with Gasteiger partial charge >= 0.3 is 13.7 Å². The Morgan fingerprint density at radius 2 is 1.82 bits per heavy atom. The molecule has 4 N–H and O–H groups in total. The molecule has 0 saturated carbocycles. The van der Waals surface area contributed by atoms with E-state index in [1.54, 1.807) is 32.9 Å². The number of nitrogens with zero attached hydrogens (tertiary/aromatic N) is 1. The van der Waals surface area contributed by atoms with E-state index in [-0.39, 0.29) is 12.3 Å². The molecule has 2 unspecified atom stereocenters. The van der Waals surface area contributed by atoms with Gasteiger partial charge in [0.05, 0.1) is 13.7 Å². The Morgan fingerprint density at radius 1 is 1.18 bits per heavy atom. The first kappa shape index (κ1) is 30.3. The highest BCUT2D eigenvalue weighted by Gasteiger charge is 2.54. The van der Waals surface area contributed by atoms with Gasteiger partial charge in [-0.2, -0.15) is 4.67 Å². The van der Waals surface area contributed by atoms with Crippen LogP contribution in [0.15, 0.2) is 24.3 Å². The first-order valence-corrected chi connectivity index (χ1v) is 13.8. The summed E-state index contributed by atoms with van der Waals surface area (Å²) in [6, 6.07) is 3.76. The Kier molecular flexibility index (Phi) is 9.80. The number of benzene rings is 1. The van der Waals surface area contributed by atoms with E-state index in [4.69, 9.17) is 23.3 Å². The smallest absolute Gasteiger partial charge is 0.462 e. The number of ether oxygens (including phenoxy) is 3. The number of carbonyl (C=O) groups excluding carboxylic acids is 2. The van der Waals surface area contributed by atoms with Gasteiger partial charge in [-0.1, -0.05) is 0 Å². The summed E-state index contributed by atoms with van der Waals surface area (Å²) in [6.45, 7) is 5.75. The van der Waals surface area contributed by atoms with Crippen LogP contribution in [0.25, 0.3) is 0 Å². The van der Waals surface area contributed by atoms with Gasteiger partial charge in [-0.3, -0.25) is 14.1 Å². The van der Waals surface area contributed by atoms with Crippen LogP contribution in [-0.2, 0) is 28.2 Å². The highest BCUT2D eigenvalue weighted by Crippen LogP contribution is 2.57. The number of aliphatic hydroxyl groups is 3. The molecule has 13 nitrogen and oxygen atoms in total. The molecule has 7 atom stereocenters. The summed E-state index contributed by atoms with van der Waals surface area (Å²) in [5, 5.41) is 33.5. The van der Waals surface area contributed by atoms with Crippen LogP contribution in [0.3, 0.4) is 0 Å². The molecule has 14 heteroatoms. The quantitative estimate of drug-likeness (QED) is 0.249. The van der Waals surface area contributed by atoms with Gasteiger partial charge in [0.1, 0.15) is 47.5 Å². The fourth-order valence-electron chi connectivity index (χ4n) is 4.31. The van der Waals surface area contributed by atoms with Crippen LogP contribution in [0.1, 0.15) is 40.5 Å². The van der Waals surface area contributed by atoms with Crippen molar-refractivity contribution in [1.82, 2.24) is 9.99 Å². The van der Waals surface area contributed by atoms with E-state index in [1.165, 1.54) is 30.8 Å². The van der Waals surface area contributed by atoms with E-state index in [0.717, 1.165) is 0 Å². The lowest BCUT2D eigenvalue weighted by molar-refractivity contribution is -0.250. The van der Waals surface area contributed by atoms with Gasteiger partial charge in [-0.05, 0) is 57.9 Å². The van der Waals surface area contributed by atoms with Crippen molar-refractivity contribution in [3.05, 3.63) is 24.3 Å². The van der Waals surface area contributed by atoms with Crippen LogP contribution < -0.4 is 14.6 Å². The van der Waals surface area contributed by atoms with E-state index in [9.17, 15) is 29.5 Å². The largest absolute Gasteiger partial charge is 0.497 e. The molecule has 0 aliphatic carbocycles. The van der Waals surface area contributed by atoms with Gasteiger partial charge in [-0.15, -0.1) is 0 Å². The van der Waals surface area contributed by atoms with Crippen molar-refractivity contribution in [3.63, 3.8) is 0 Å². The second kappa shape index (κ2) is 12.3. The maximum Gasteiger partial charge on any atom is 0.462 e. The molecule has 0 spiro atoms. The van der Waals surface area contributed by atoms with Crippen molar-refractivity contribution in [2.45, 2.75) is 82.8 Å². The Hall–Kier alpha value is -2.25. The number of hydrogen-bond donors (Lipinski definition) is 4. The van der Waals surface area contributed by atoms with Crippen molar-refractivity contribution < 1.29 is 52.7 Å². The normalized spacial score (nSPS) is 29.8. The number of aliphatic hydroxyl groups excluding tert-OH is 3. The SMILES string of the molecule is COc1ccc(OP(=O)(O[C@@H]2[C@H](O)[C@@H](CO)O[C@H](O)[C@@H]2NC(C)=O)N2CCCC2C(=O)OC(C)(C)C)cc1. The second-order valence-electron chi connectivity index (χ2n) is 10.1. The van der Waals surface area contributed by atoms with Gasteiger partial charge < -0.3 is 39.4 Å². The lowest BCUT2D eigenvalue weighted by atomic mass is 9.97. The van der Waals surface area contributed by atoms with Crippen molar-refractivity contribution in [2.24, 2.45) is 0 Å². The van der Waals surface area contributed by atoms with E-state index >= 15 is 0 Å². The summed E-state index contributed by atoms with van der Waals surface area (Å²) in [6.07, 6.45) is -5.42. The topological polar surface area (TPSA) is 173 Å². The first-order valence-electron chi connectivity index (χ1n) is 12.3. The van der Waals surface area contributed by atoms with Crippen molar-refractivity contribution >= 4 is 19.6 Å². The second-order valence-corrected chi connectivity index (χ2v) is 12.0. The molecule has 0 bridgehead atoms. The fourth-order valence-corrected chi connectivity index (χ4v) is 6.47. The van der Waals surface area contributed by atoms with Crippen molar-refractivity contribution in [2.75, 3.05) is 20.3 Å². The monoisotopic (exact) mass is 560 g/mol. The third-order valence-electron chi connectivity index (χ3n) is 6.00. The molecule has 1 aromatic carbocycles. The minimum absolute atomic E-state index is 0.112. The predicted octanol–water partition coefficient (Wildman–Crippen LogP) is 0.949. The molecule has 214 valence electrons.